The van der Waals surface area contributed by atoms with E-state index in [9.17, 15) is 5.11 Å². The molecule has 0 aromatic heterocycles. The van der Waals surface area contributed by atoms with Crippen molar-refractivity contribution >= 4 is 17.8 Å². The van der Waals surface area contributed by atoms with Crippen molar-refractivity contribution in [1.82, 2.24) is 0 Å². The Balaban J connectivity index is 0.00000196. The molecule has 15 heavy (non-hydrogen) atoms. The first kappa shape index (κ1) is 14.3. The quantitative estimate of drug-likeness (QED) is 0.262. The number of aryl methyl sites for hydroxylation is 1. The van der Waals surface area contributed by atoms with E-state index in [1.807, 2.05) is 19.1 Å². The van der Waals surface area contributed by atoms with Crippen molar-refractivity contribution in [2.24, 2.45) is 10.8 Å². The third-order valence-electron chi connectivity index (χ3n) is 1.65. The van der Waals surface area contributed by atoms with Crippen LogP contribution in [0.2, 0.25) is 0 Å². The maximum absolute atomic E-state index is 9.43. The number of hydrogen-bond donors (Lipinski definition) is 2. The zero-order valence-corrected chi connectivity index (χ0v) is 11.1. The summed E-state index contributed by atoms with van der Waals surface area (Å²) in [4.78, 5) is 0. The van der Waals surface area contributed by atoms with Gasteiger partial charge in [-0.05, 0) is 18.6 Å². The van der Waals surface area contributed by atoms with Crippen LogP contribution in [0, 0.1) is 6.92 Å². The van der Waals surface area contributed by atoms with Gasteiger partial charge in [0.05, 0.1) is 0 Å². The van der Waals surface area contributed by atoms with Gasteiger partial charge in [0.2, 0.25) is 0 Å². The summed E-state index contributed by atoms with van der Waals surface area (Å²) in [5.41, 5.74) is 10.6. The molecule has 6 heteroatoms. The summed E-state index contributed by atoms with van der Waals surface area (Å²) in [6.45, 7) is 2.22. The van der Waals surface area contributed by atoms with Crippen LogP contribution >= 0.6 is 0 Å². The first-order valence-corrected chi connectivity index (χ1v) is 4.46. The van der Waals surface area contributed by atoms with Crippen molar-refractivity contribution in [3.8, 4) is 5.75 Å². The summed E-state index contributed by atoms with van der Waals surface area (Å²) < 4.78 is 0. The predicted octanol–water partition coefficient (Wildman–Crippen LogP) is 1.35. The van der Waals surface area contributed by atoms with Crippen LogP contribution in [0.3, 0.4) is 0 Å². The van der Waals surface area contributed by atoms with E-state index in [1.165, 1.54) is 0 Å². The third kappa shape index (κ3) is 5.04. The second-order valence-corrected chi connectivity index (χ2v) is 3.29. The minimum Gasteiger partial charge on any atom is -0.745 e. The smallest absolute Gasteiger partial charge is 0.117 e. The predicted molar refractivity (Wildman–Crippen MR) is 58.9 cm³/mol. The molecule has 0 saturated carbocycles. The fraction of sp³-hybridized carbons (Fsp3) is 0.222. The number of benzene rings is 1. The second kappa shape index (κ2) is 6.68. The van der Waals surface area contributed by atoms with Crippen molar-refractivity contribution in [2.75, 3.05) is 0 Å². The van der Waals surface area contributed by atoms with Gasteiger partial charge in [0.1, 0.15) is 5.75 Å². The van der Waals surface area contributed by atoms with Crippen LogP contribution in [-0.4, -0.2) is 10.3 Å². The molecule has 3 N–H and O–H groups in total. The summed E-state index contributed by atoms with van der Waals surface area (Å²) in [6, 6.07) is 5.29. The van der Waals surface area contributed by atoms with Gasteiger partial charge in [-0.25, -0.2) is 0 Å². The molecular weight excluding hydrogens is 395 g/mol. The minimum absolute atomic E-state index is 0. The van der Waals surface area contributed by atoms with Gasteiger partial charge in [0.25, 0.3) is 0 Å². The SMILES string of the molecule is Cc1ccc(O)c(C[N-]/N=C(/N)[S-])c1.[Au]. The van der Waals surface area contributed by atoms with Gasteiger partial charge in [-0.15, -0.1) is 0 Å². The fourth-order valence-corrected chi connectivity index (χ4v) is 1.08. The Bertz CT molecular complexity index is 353. The zero-order valence-electron chi connectivity index (χ0n) is 8.07. The summed E-state index contributed by atoms with van der Waals surface area (Å²) >= 11 is 4.52. The Hall–Kier alpha value is -0.750. The average Bonchev–Trinajstić information content (AvgIpc) is 2.10. The first-order valence-electron chi connectivity index (χ1n) is 4.05. The van der Waals surface area contributed by atoms with Gasteiger partial charge in [-0.1, -0.05) is 29.4 Å². The van der Waals surface area contributed by atoms with Crippen LogP contribution in [0.1, 0.15) is 11.1 Å². The van der Waals surface area contributed by atoms with E-state index in [4.69, 9.17) is 5.73 Å². The number of phenols is 1. The Labute approximate surface area is 110 Å². The van der Waals surface area contributed by atoms with Crippen LogP contribution in [0.5, 0.6) is 5.75 Å². The van der Waals surface area contributed by atoms with Crippen molar-refractivity contribution in [3.63, 3.8) is 0 Å². The minimum atomic E-state index is -0.00265. The second-order valence-electron chi connectivity index (χ2n) is 2.87. The van der Waals surface area contributed by atoms with Gasteiger partial charge in [-0.3, -0.25) is 0 Å². The number of amidine groups is 1. The Morgan fingerprint density at radius 3 is 2.87 bits per heavy atom. The van der Waals surface area contributed by atoms with Crippen molar-refractivity contribution in [3.05, 3.63) is 34.8 Å². The van der Waals surface area contributed by atoms with Gasteiger partial charge < -0.3 is 34.0 Å². The van der Waals surface area contributed by atoms with Crippen molar-refractivity contribution < 1.29 is 27.5 Å². The number of nitrogens with two attached hydrogens (primary N) is 1. The van der Waals surface area contributed by atoms with E-state index in [0.29, 0.717) is 5.56 Å². The molecule has 0 saturated heterocycles. The molecule has 0 unspecified atom stereocenters. The molecule has 1 aromatic carbocycles. The number of rotatable bonds is 3. The van der Waals surface area contributed by atoms with E-state index in [-0.39, 0.29) is 39.8 Å². The summed E-state index contributed by atoms with van der Waals surface area (Å²) in [6.07, 6.45) is 0. The molecule has 1 radical (unpaired) electrons. The first-order chi connectivity index (χ1) is 6.59. The van der Waals surface area contributed by atoms with Gasteiger partial charge in [-0.2, -0.15) is 0 Å². The molecule has 1 rings (SSSR count). The average molecular weight is 406 g/mol. The maximum atomic E-state index is 9.43. The molecule has 0 atom stereocenters. The Morgan fingerprint density at radius 2 is 2.27 bits per heavy atom. The number of nitrogens with zero attached hydrogens (tertiary/aromatic N) is 2. The van der Waals surface area contributed by atoms with Gasteiger partial charge >= 0.3 is 0 Å². The normalized spacial score (nSPS) is 10.6. The van der Waals surface area contributed by atoms with Gasteiger partial charge in [0.15, 0.2) is 0 Å². The summed E-state index contributed by atoms with van der Waals surface area (Å²) in [5.74, 6) is 0.206. The summed E-state index contributed by atoms with van der Waals surface area (Å²) in [7, 11) is 0. The van der Waals surface area contributed by atoms with E-state index in [0.717, 1.165) is 5.56 Å². The molecule has 0 amide bonds. The maximum Gasteiger partial charge on any atom is 0.117 e. The monoisotopic (exact) mass is 406 g/mol. The largest absolute Gasteiger partial charge is 0.745 e. The Kier molecular flexibility index (Phi) is 6.35. The molecule has 0 fully saturated rings. The molecule has 4 nitrogen and oxygen atoms in total. The van der Waals surface area contributed by atoms with Crippen molar-refractivity contribution in [2.45, 2.75) is 13.5 Å². The molecular formula is C9H11AuN3OS-2. The number of hydrogen-bond acceptors (Lipinski definition) is 3. The zero-order chi connectivity index (χ0) is 10.6. The van der Waals surface area contributed by atoms with E-state index < -0.39 is 0 Å². The van der Waals surface area contributed by atoms with Crippen LogP contribution in [-0.2, 0) is 41.6 Å². The molecule has 0 bridgehead atoms. The van der Waals surface area contributed by atoms with Crippen LogP contribution in [0.25, 0.3) is 5.43 Å². The fourth-order valence-electron chi connectivity index (χ4n) is 1.02. The van der Waals surface area contributed by atoms with Crippen LogP contribution in [0.4, 0.5) is 0 Å². The molecule has 0 aliphatic rings. The van der Waals surface area contributed by atoms with E-state index in [2.05, 4.69) is 23.2 Å². The Morgan fingerprint density at radius 1 is 1.60 bits per heavy atom. The molecule has 0 aliphatic heterocycles. The number of aromatic hydroxyl groups is 1. The number of phenolic OH excluding ortho intramolecular Hbond substituents is 1. The van der Waals surface area contributed by atoms with E-state index >= 15 is 0 Å². The molecule has 0 heterocycles. The molecule has 87 valence electrons. The molecule has 1 aromatic rings. The standard InChI is InChI=1S/C9H12N3OS.Au/c1-6-2-3-8(13)7(4-6)5-11-12-9(10)14;/h2-4,13H,5H2,1H3,(H3,10,12,14);/q-1;/p-1. The van der Waals surface area contributed by atoms with Crippen molar-refractivity contribution in [1.29, 1.82) is 0 Å². The topological polar surface area (TPSA) is 72.7 Å². The third-order valence-corrected chi connectivity index (χ3v) is 1.73. The molecule has 0 aliphatic carbocycles. The van der Waals surface area contributed by atoms with Crippen LogP contribution in [0.15, 0.2) is 23.3 Å². The van der Waals surface area contributed by atoms with Crippen LogP contribution < -0.4 is 5.73 Å². The molecule has 0 spiro atoms. The summed E-state index contributed by atoms with van der Waals surface area (Å²) in [5, 5.41) is 12.9. The van der Waals surface area contributed by atoms with E-state index in [1.54, 1.807) is 6.07 Å². The van der Waals surface area contributed by atoms with Gasteiger partial charge in [0, 0.05) is 22.4 Å².